The summed E-state index contributed by atoms with van der Waals surface area (Å²) < 4.78 is 0. The Labute approximate surface area is 149 Å². The van der Waals surface area contributed by atoms with Gasteiger partial charge in [0.1, 0.15) is 6.17 Å². The first-order valence-corrected chi connectivity index (χ1v) is 10.1. The predicted octanol–water partition coefficient (Wildman–Crippen LogP) is 6.32. The van der Waals surface area contributed by atoms with Crippen molar-refractivity contribution in [2.24, 2.45) is 0 Å². The largest absolute Gasteiger partial charge is 0.353 e. The van der Waals surface area contributed by atoms with E-state index in [1.807, 2.05) is 0 Å². The molecule has 2 heteroatoms. The fraction of sp³-hybridized carbons (Fsp3) is 0.636. The van der Waals surface area contributed by atoms with Gasteiger partial charge < -0.3 is 9.80 Å². The van der Waals surface area contributed by atoms with Crippen molar-refractivity contribution in [1.82, 2.24) is 9.80 Å². The molecule has 0 spiro atoms. The number of hydrogen-bond acceptors (Lipinski definition) is 2. The van der Waals surface area contributed by atoms with Gasteiger partial charge in [-0.05, 0) is 18.9 Å². The molecular formula is C22H36N2. The molecule has 1 aromatic carbocycles. The molecule has 134 valence electrons. The fourth-order valence-corrected chi connectivity index (χ4v) is 3.61. The zero-order chi connectivity index (χ0) is 17.0. The molecule has 1 heterocycles. The molecule has 0 N–H and O–H groups in total. The second kappa shape index (κ2) is 11.2. The first-order chi connectivity index (χ1) is 11.9. The lowest BCUT2D eigenvalue weighted by Gasteiger charge is -2.32. The van der Waals surface area contributed by atoms with E-state index in [4.69, 9.17) is 0 Å². The van der Waals surface area contributed by atoms with Gasteiger partial charge in [0.25, 0.3) is 0 Å². The van der Waals surface area contributed by atoms with Crippen molar-refractivity contribution in [2.45, 2.75) is 77.8 Å². The molecular weight excluding hydrogens is 292 g/mol. The third-order valence-corrected chi connectivity index (χ3v) is 5.06. The molecule has 1 aromatic rings. The molecule has 0 bridgehead atoms. The van der Waals surface area contributed by atoms with Crippen LogP contribution >= 0.6 is 0 Å². The van der Waals surface area contributed by atoms with Gasteiger partial charge in [-0.2, -0.15) is 0 Å². The van der Waals surface area contributed by atoms with Gasteiger partial charge >= 0.3 is 0 Å². The smallest absolute Gasteiger partial charge is 0.127 e. The highest BCUT2D eigenvalue weighted by Gasteiger charge is 2.25. The summed E-state index contributed by atoms with van der Waals surface area (Å²) in [6.45, 7) is 6.75. The Morgan fingerprint density at radius 3 is 1.92 bits per heavy atom. The maximum Gasteiger partial charge on any atom is 0.127 e. The number of unbranched alkanes of at least 4 members (excludes halogenated alkanes) is 8. The second-order valence-electron chi connectivity index (χ2n) is 6.98. The Balaban J connectivity index is 1.67. The topological polar surface area (TPSA) is 6.48 Å². The van der Waals surface area contributed by atoms with Crippen molar-refractivity contribution >= 4 is 0 Å². The Morgan fingerprint density at radius 1 is 0.708 bits per heavy atom. The van der Waals surface area contributed by atoms with Crippen molar-refractivity contribution in [1.29, 1.82) is 0 Å². The van der Waals surface area contributed by atoms with E-state index in [0.29, 0.717) is 6.17 Å². The van der Waals surface area contributed by atoms with Crippen LogP contribution in [0.1, 0.15) is 83.4 Å². The van der Waals surface area contributed by atoms with Gasteiger partial charge in [-0.1, -0.05) is 88.6 Å². The van der Waals surface area contributed by atoms with Crippen molar-refractivity contribution in [2.75, 3.05) is 13.1 Å². The Morgan fingerprint density at radius 2 is 1.29 bits per heavy atom. The summed E-state index contributed by atoms with van der Waals surface area (Å²) in [7, 11) is 0. The highest BCUT2D eigenvalue weighted by molar-refractivity contribution is 5.21. The number of benzene rings is 1. The lowest BCUT2D eigenvalue weighted by Crippen LogP contribution is -2.31. The number of hydrogen-bond donors (Lipinski definition) is 0. The van der Waals surface area contributed by atoms with Gasteiger partial charge in [0.05, 0.1) is 0 Å². The van der Waals surface area contributed by atoms with Crippen LogP contribution in [0.3, 0.4) is 0 Å². The van der Waals surface area contributed by atoms with Crippen LogP contribution < -0.4 is 0 Å². The minimum absolute atomic E-state index is 0.394. The highest BCUT2D eigenvalue weighted by atomic mass is 15.4. The van der Waals surface area contributed by atoms with Crippen molar-refractivity contribution in [3.8, 4) is 0 Å². The summed E-state index contributed by atoms with van der Waals surface area (Å²) in [5.74, 6) is 0. The Kier molecular flexibility index (Phi) is 8.80. The van der Waals surface area contributed by atoms with E-state index < -0.39 is 0 Å². The molecule has 0 saturated heterocycles. The van der Waals surface area contributed by atoms with Crippen LogP contribution in [-0.2, 0) is 0 Å². The van der Waals surface area contributed by atoms with Crippen LogP contribution in [-0.4, -0.2) is 22.9 Å². The molecule has 2 rings (SSSR count). The zero-order valence-electron chi connectivity index (χ0n) is 15.8. The predicted molar refractivity (Wildman–Crippen MR) is 105 cm³/mol. The van der Waals surface area contributed by atoms with E-state index in [2.05, 4.69) is 66.4 Å². The molecule has 0 saturated carbocycles. The van der Waals surface area contributed by atoms with E-state index >= 15 is 0 Å². The van der Waals surface area contributed by atoms with Gasteiger partial charge in [0.2, 0.25) is 0 Å². The van der Waals surface area contributed by atoms with Crippen LogP contribution in [0.2, 0.25) is 0 Å². The Hall–Kier alpha value is -1.44. The molecule has 1 atom stereocenters. The van der Waals surface area contributed by atoms with Gasteiger partial charge in [-0.15, -0.1) is 0 Å². The highest BCUT2D eigenvalue weighted by Crippen LogP contribution is 2.30. The summed E-state index contributed by atoms with van der Waals surface area (Å²) in [5, 5.41) is 0. The molecule has 0 aliphatic carbocycles. The zero-order valence-corrected chi connectivity index (χ0v) is 15.8. The molecule has 24 heavy (non-hydrogen) atoms. The SMILES string of the molecule is CCCCCCCCCCCN1C=CN(CC)C1c1ccccc1. The first-order valence-electron chi connectivity index (χ1n) is 10.1. The van der Waals surface area contributed by atoms with Gasteiger partial charge in [0.15, 0.2) is 0 Å². The van der Waals surface area contributed by atoms with E-state index in [9.17, 15) is 0 Å². The maximum absolute atomic E-state index is 2.51. The summed E-state index contributed by atoms with van der Waals surface area (Å²) in [5.41, 5.74) is 1.40. The fourth-order valence-electron chi connectivity index (χ4n) is 3.61. The van der Waals surface area contributed by atoms with E-state index in [-0.39, 0.29) is 0 Å². The minimum Gasteiger partial charge on any atom is -0.353 e. The van der Waals surface area contributed by atoms with E-state index in [0.717, 1.165) is 6.54 Å². The monoisotopic (exact) mass is 328 g/mol. The average Bonchev–Trinajstić information content (AvgIpc) is 3.04. The van der Waals surface area contributed by atoms with E-state index in [1.54, 1.807) is 0 Å². The normalized spacial score (nSPS) is 17.0. The first kappa shape index (κ1) is 18.9. The summed E-state index contributed by atoms with van der Waals surface area (Å²) in [4.78, 5) is 4.95. The van der Waals surface area contributed by atoms with Crippen molar-refractivity contribution in [3.05, 3.63) is 48.3 Å². The van der Waals surface area contributed by atoms with Crippen LogP contribution in [0.4, 0.5) is 0 Å². The third-order valence-electron chi connectivity index (χ3n) is 5.06. The van der Waals surface area contributed by atoms with Crippen molar-refractivity contribution < 1.29 is 0 Å². The molecule has 2 nitrogen and oxygen atoms in total. The maximum atomic E-state index is 2.51. The lowest BCUT2D eigenvalue weighted by molar-refractivity contribution is 0.157. The minimum atomic E-state index is 0.394. The molecule has 0 fully saturated rings. The third kappa shape index (κ3) is 5.89. The number of nitrogens with zero attached hydrogens (tertiary/aromatic N) is 2. The van der Waals surface area contributed by atoms with Gasteiger partial charge in [-0.25, -0.2) is 0 Å². The van der Waals surface area contributed by atoms with Crippen LogP contribution in [0.15, 0.2) is 42.7 Å². The summed E-state index contributed by atoms with van der Waals surface area (Å²) >= 11 is 0. The molecule has 1 aliphatic rings. The van der Waals surface area contributed by atoms with Crippen molar-refractivity contribution in [3.63, 3.8) is 0 Å². The summed E-state index contributed by atoms with van der Waals surface area (Å²) in [6.07, 6.45) is 17.5. The molecule has 0 radical (unpaired) electrons. The van der Waals surface area contributed by atoms with Crippen LogP contribution in [0.25, 0.3) is 0 Å². The molecule has 0 amide bonds. The molecule has 1 unspecified atom stereocenters. The summed E-state index contributed by atoms with van der Waals surface area (Å²) in [6, 6.07) is 10.9. The van der Waals surface area contributed by atoms with E-state index in [1.165, 1.54) is 69.9 Å². The Bertz CT molecular complexity index is 454. The number of rotatable bonds is 12. The quantitative estimate of drug-likeness (QED) is 0.414. The molecule has 0 aromatic heterocycles. The van der Waals surface area contributed by atoms with Crippen LogP contribution in [0.5, 0.6) is 0 Å². The van der Waals surface area contributed by atoms with Gasteiger partial charge in [0, 0.05) is 25.5 Å². The standard InChI is InChI=1S/C22H36N2/c1-3-5-6-7-8-9-10-11-15-18-24-20-19-23(4-2)22(24)21-16-13-12-14-17-21/h12-14,16-17,19-20,22H,3-11,15,18H2,1-2H3. The van der Waals surface area contributed by atoms with Crippen LogP contribution in [0, 0.1) is 0 Å². The lowest BCUT2D eigenvalue weighted by atomic mass is 10.1. The van der Waals surface area contributed by atoms with Gasteiger partial charge in [-0.3, -0.25) is 0 Å². The second-order valence-corrected chi connectivity index (χ2v) is 6.98. The average molecular weight is 329 g/mol. The molecule has 1 aliphatic heterocycles.